The number of carbonyl (C=O) groups is 2. The van der Waals surface area contributed by atoms with E-state index in [0.29, 0.717) is 22.2 Å². The zero-order valence-electron chi connectivity index (χ0n) is 15.3. The van der Waals surface area contributed by atoms with E-state index < -0.39 is 0 Å². The van der Waals surface area contributed by atoms with Crippen LogP contribution in [0.3, 0.4) is 0 Å². The Hall–Kier alpha value is -1.75. The van der Waals surface area contributed by atoms with E-state index >= 15 is 0 Å². The normalized spacial score (nSPS) is 15.1. The number of nitrogens with zero attached hydrogens (tertiary/aromatic N) is 1. The molecular weight excluding hydrogens is 338 g/mol. The number of hydrogen-bond acceptors (Lipinski definition) is 2. The van der Waals surface area contributed by atoms with Crippen LogP contribution in [-0.2, 0) is 0 Å². The Labute approximate surface area is 155 Å². The number of urea groups is 1. The minimum Gasteiger partial charge on any atom is -0.341 e. The maximum absolute atomic E-state index is 12.7. The molecule has 1 aliphatic rings. The molecular formula is C19H28ClN3O2. The first kappa shape index (κ1) is 19.6. The van der Waals surface area contributed by atoms with E-state index in [9.17, 15) is 9.59 Å². The molecule has 0 aromatic heterocycles. The molecule has 2 rings (SSSR count). The summed E-state index contributed by atoms with van der Waals surface area (Å²) in [6, 6.07) is 4.74. The molecule has 1 aromatic rings. The van der Waals surface area contributed by atoms with Gasteiger partial charge in [-0.05, 0) is 50.8 Å². The molecule has 0 saturated heterocycles. The lowest BCUT2D eigenvalue weighted by Gasteiger charge is -2.27. The van der Waals surface area contributed by atoms with E-state index in [4.69, 9.17) is 11.6 Å². The molecule has 5 nitrogen and oxygen atoms in total. The van der Waals surface area contributed by atoms with Crippen molar-refractivity contribution in [3.05, 3.63) is 28.8 Å². The first-order valence-corrected chi connectivity index (χ1v) is 9.37. The van der Waals surface area contributed by atoms with Crippen molar-refractivity contribution in [3.63, 3.8) is 0 Å². The van der Waals surface area contributed by atoms with E-state index in [2.05, 4.69) is 10.6 Å². The fraction of sp³-hybridized carbons (Fsp3) is 0.579. The number of rotatable bonds is 5. The first-order chi connectivity index (χ1) is 11.9. The van der Waals surface area contributed by atoms with Gasteiger partial charge in [-0.25, -0.2) is 4.79 Å². The highest BCUT2D eigenvalue weighted by atomic mass is 35.5. The van der Waals surface area contributed by atoms with Crippen molar-refractivity contribution in [2.75, 3.05) is 18.9 Å². The molecule has 0 unspecified atom stereocenters. The Morgan fingerprint density at radius 3 is 2.52 bits per heavy atom. The smallest absolute Gasteiger partial charge is 0.319 e. The van der Waals surface area contributed by atoms with E-state index in [1.807, 2.05) is 20.9 Å². The van der Waals surface area contributed by atoms with Gasteiger partial charge in [0, 0.05) is 25.3 Å². The molecule has 1 aromatic carbocycles. The highest BCUT2D eigenvalue weighted by Crippen LogP contribution is 2.26. The van der Waals surface area contributed by atoms with Gasteiger partial charge in [0.05, 0.1) is 10.6 Å². The van der Waals surface area contributed by atoms with Crippen LogP contribution in [0, 0.1) is 5.92 Å². The van der Waals surface area contributed by atoms with Gasteiger partial charge in [0.25, 0.3) is 5.91 Å². The van der Waals surface area contributed by atoms with Gasteiger partial charge in [0.15, 0.2) is 0 Å². The SMILES string of the molecule is CC(C)NC(=O)Nc1ccc(C(=O)N(C)CC2CCCCC2)c(Cl)c1. The molecule has 0 atom stereocenters. The summed E-state index contributed by atoms with van der Waals surface area (Å²) in [5, 5.41) is 5.81. The molecule has 1 aliphatic carbocycles. The topological polar surface area (TPSA) is 61.4 Å². The van der Waals surface area contributed by atoms with E-state index in [1.54, 1.807) is 23.1 Å². The lowest BCUT2D eigenvalue weighted by atomic mass is 9.89. The fourth-order valence-corrected chi connectivity index (χ4v) is 3.50. The highest BCUT2D eigenvalue weighted by molar-refractivity contribution is 6.34. The zero-order valence-corrected chi connectivity index (χ0v) is 16.0. The molecule has 1 fully saturated rings. The van der Waals surface area contributed by atoms with E-state index in [1.165, 1.54) is 32.1 Å². The largest absolute Gasteiger partial charge is 0.341 e. The van der Waals surface area contributed by atoms with Gasteiger partial charge in [-0.3, -0.25) is 4.79 Å². The summed E-state index contributed by atoms with van der Waals surface area (Å²) in [5.74, 6) is 0.510. The van der Waals surface area contributed by atoms with Crippen molar-refractivity contribution in [2.45, 2.75) is 52.0 Å². The number of halogens is 1. The summed E-state index contributed by atoms with van der Waals surface area (Å²) >= 11 is 6.28. The van der Waals surface area contributed by atoms with Gasteiger partial charge in [-0.1, -0.05) is 30.9 Å². The molecule has 138 valence electrons. The van der Waals surface area contributed by atoms with Crippen LogP contribution in [0.1, 0.15) is 56.3 Å². The summed E-state index contributed by atoms with van der Waals surface area (Å²) in [5.41, 5.74) is 1.03. The fourth-order valence-electron chi connectivity index (χ4n) is 3.24. The summed E-state index contributed by atoms with van der Waals surface area (Å²) < 4.78 is 0. The molecule has 0 bridgehead atoms. The first-order valence-electron chi connectivity index (χ1n) is 8.99. The number of anilines is 1. The second kappa shape index (κ2) is 9.09. The monoisotopic (exact) mass is 365 g/mol. The Bertz CT molecular complexity index is 613. The van der Waals surface area contributed by atoms with Crippen LogP contribution < -0.4 is 10.6 Å². The molecule has 0 spiro atoms. The molecule has 3 amide bonds. The maximum Gasteiger partial charge on any atom is 0.319 e. The Morgan fingerprint density at radius 2 is 1.92 bits per heavy atom. The van der Waals surface area contributed by atoms with Gasteiger partial charge in [0.1, 0.15) is 0 Å². The standard InChI is InChI=1S/C19H28ClN3O2/c1-13(2)21-19(25)22-15-9-10-16(17(20)11-15)18(24)23(3)12-14-7-5-4-6-8-14/h9-11,13-14H,4-8,12H2,1-3H3,(H2,21,22,25). The average Bonchev–Trinajstić information content (AvgIpc) is 2.54. The van der Waals surface area contributed by atoms with Crippen LogP contribution >= 0.6 is 11.6 Å². The third kappa shape index (κ3) is 5.92. The lowest BCUT2D eigenvalue weighted by molar-refractivity contribution is 0.0761. The van der Waals surface area contributed by atoms with Crippen molar-refractivity contribution >= 4 is 29.2 Å². The predicted octanol–water partition coefficient (Wildman–Crippen LogP) is 4.52. The average molecular weight is 366 g/mol. The van der Waals surface area contributed by atoms with Gasteiger partial charge in [0.2, 0.25) is 0 Å². The molecule has 2 N–H and O–H groups in total. The summed E-state index contributed by atoms with van der Waals surface area (Å²) in [7, 11) is 1.83. The molecule has 25 heavy (non-hydrogen) atoms. The quantitative estimate of drug-likeness (QED) is 0.805. The number of amides is 3. The van der Waals surface area contributed by atoms with Crippen LogP contribution in [0.4, 0.5) is 10.5 Å². The third-order valence-electron chi connectivity index (χ3n) is 4.48. The summed E-state index contributed by atoms with van der Waals surface area (Å²) in [6.45, 7) is 4.54. The summed E-state index contributed by atoms with van der Waals surface area (Å²) in [6.07, 6.45) is 6.20. The zero-order chi connectivity index (χ0) is 18.4. The van der Waals surface area contributed by atoms with Gasteiger partial charge < -0.3 is 15.5 Å². The number of carbonyl (C=O) groups excluding carboxylic acids is 2. The molecule has 0 aliphatic heterocycles. The van der Waals surface area contributed by atoms with Crippen molar-refractivity contribution in [1.29, 1.82) is 0 Å². The van der Waals surface area contributed by atoms with Crippen LogP contribution in [-0.4, -0.2) is 36.5 Å². The summed E-state index contributed by atoms with van der Waals surface area (Å²) in [4.78, 5) is 26.2. The molecule has 0 radical (unpaired) electrons. The Morgan fingerprint density at radius 1 is 1.24 bits per heavy atom. The van der Waals surface area contributed by atoms with E-state index in [0.717, 1.165) is 6.54 Å². The van der Waals surface area contributed by atoms with Crippen molar-refractivity contribution < 1.29 is 9.59 Å². The molecule has 1 saturated carbocycles. The predicted molar refractivity (Wildman–Crippen MR) is 102 cm³/mol. The van der Waals surface area contributed by atoms with Crippen molar-refractivity contribution in [2.24, 2.45) is 5.92 Å². The number of nitrogens with one attached hydrogen (secondary N) is 2. The lowest BCUT2D eigenvalue weighted by Crippen LogP contribution is -2.34. The second-order valence-electron chi connectivity index (χ2n) is 7.14. The van der Waals surface area contributed by atoms with Gasteiger partial charge >= 0.3 is 6.03 Å². The molecule has 6 heteroatoms. The van der Waals surface area contributed by atoms with Crippen molar-refractivity contribution in [1.82, 2.24) is 10.2 Å². The van der Waals surface area contributed by atoms with Crippen LogP contribution in [0.5, 0.6) is 0 Å². The van der Waals surface area contributed by atoms with E-state index in [-0.39, 0.29) is 18.0 Å². The maximum atomic E-state index is 12.7. The van der Waals surface area contributed by atoms with Crippen LogP contribution in [0.2, 0.25) is 5.02 Å². The highest BCUT2D eigenvalue weighted by Gasteiger charge is 2.21. The van der Waals surface area contributed by atoms with Crippen LogP contribution in [0.15, 0.2) is 18.2 Å². The number of benzene rings is 1. The Balaban J connectivity index is 1.98. The second-order valence-corrected chi connectivity index (χ2v) is 7.54. The van der Waals surface area contributed by atoms with Crippen molar-refractivity contribution in [3.8, 4) is 0 Å². The third-order valence-corrected chi connectivity index (χ3v) is 4.79. The van der Waals surface area contributed by atoms with Crippen LogP contribution in [0.25, 0.3) is 0 Å². The Kier molecular flexibility index (Phi) is 7.12. The number of hydrogen-bond donors (Lipinski definition) is 2. The van der Waals surface area contributed by atoms with Gasteiger partial charge in [-0.15, -0.1) is 0 Å². The minimum atomic E-state index is -0.292. The minimum absolute atomic E-state index is 0.0461. The molecule has 0 heterocycles. The van der Waals surface area contributed by atoms with Gasteiger partial charge in [-0.2, -0.15) is 0 Å².